The third kappa shape index (κ3) is 1.48. The van der Waals surface area contributed by atoms with Crippen LogP contribution in [0.4, 0.5) is 20.7 Å². The molecule has 0 radical (unpaired) electrons. The van der Waals surface area contributed by atoms with Crippen LogP contribution in [0.15, 0.2) is 12.4 Å². The molecule has 0 bridgehead atoms. The zero-order valence-electron chi connectivity index (χ0n) is 9.98. The number of rotatable bonds is 2. The molecule has 1 N–H and O–H groups in total. The van der Waals surface area contributed by atoms with Crippen molar-refractivity contribution in [2.75, 3.05) is 16.8 Å². The van der Waals surface area contributed by atoms with Crippen LogP contribution in [0.2, 0.25) is 0 Å². The third-order valence-corrected chi connectivity index (χ3v) is 3.05. The standard InChI is InChI=1S/C12H9FN4O2/c1-2-17-11-8-7(14-5-15-11)3-6(4-18)9(13)10(8)16-12(17)19/h3-5H,2H2,1H3,(H,16,19). The zero-order valence-corrected chi connectivity index (χ0v) is 9.98. The molecule has 1 aliphatic rings. The lowest BCUT2D eigenvalue weighted by atomic mass is 10.1. The molecule has 96 valence electrons. The Kier molecular flexibility index (Phi) is 2.41. The molecule has 3 rings (SSSR count). The second-order valence-electron chi connectivity index (χ2n) is 4.04. The van der Waals surface area contributed by atoms with Crippen molar-refractivity contribution in [2.45, 2.75) is 6.92 Å². The summed E-state index contributed by atoms with van der Waals surface area (Å²) in [6.45, 7) is 2.18. The molecular formula is C12H9FN4O2. The summed E-state index contributed by atoms with van der Waals surface area (Å²) in [6.07, 6.45) is 1.68. The normalized spacial score (nSPS) is 13.6. The van der Waals surface area contributed by atoms with E-state index in [2.05, 4.69) is 15.3 Å². The van der Waals surface area contributed by atoms with Crippen molar-refractivity contribution in [1.29, 1.82) is 0 Å². The summed E-state index contributed by atoms with van der Waals surface area (Å²) in [7, 11) is 0. The van der Waals surface area contributed by atoms with Gasteiger partial charge in [-0.3, -0.25) is 9.69 Å². The van der Waals surface area contributed by atoms with Crippen LogP contribution in [0.1, 0.15) is 17.3 Å². The Hall–Kier alpha value is -2.57. The summed E-state index contributed by atoms with van der Waals surface area (Å²) in [5.41, 5.74) is 0.240. The van der Waals surface area contributed by atoms with Gasteiger partial charge in [0.05, 0.1) is 22.2 Å². The topological polar surface area (TPSA) is 75.2 Å². The van der Waals surface area contributed by atoms with E-state index >= 15 is 0 Å². The maximum absolute atomic E-state index is 14.1. The summed E-state index contributed by atoms with van der Waals surface area (Å²) in [5.74, 6) is -0.412. The number of urea groups is 1. The number of carbonyl (C=O) groups excluding carboxylic acids is 2. The highest BCUT2D eigenvalue weighted by molar-refractivity contribution is 6.17. The summed E-state index contributed by atoms with van der Waals surface area (Å²) in [5, 5.41) is 2.85. The largest absolute Gasteiger partial charge is 0.327 e. The summed E-state index contributed by atoms with van der Waals surface area (Å²) < 4.78 is 14.1. The van der Waals surface area contributed by atoms with Crippen LogP contribution in [-0.2, 0) is 0 Å². The van der Waals surface area contributed by atoms with Gasteiger partial charge in [0.1, 0.15) is 12.1 Å². The Bertz CT molecular complexity index is 716. The van der Waals surface area contributed by atoms with Gasteiger partial charge in [0.2, 0.25) is 0 Å². The lowest BCUT2D eigenvalue weighted by Crippen LogP contribution is -2.38. The van der Waals surface area contributed by atoms with Gasteiger partial charge in [-0.05, 0) is 13.0 Å². The molecule has 2 aromatic rings. The molecule has 0 unspecified atom stereocenters. The van der Waals surface area contributed by atoms with Gasteiger partial charge in [0.15, 0.2) is 12.1 Å². The average molecular weight is 260 g/mol. The van der Waals surface area contributed by atoms with Crippen molar-refractivity contribution in [3.63, 3.8) is 0 Å². The Morgan fingerprint density at radius 1 is 1.47 bits per heavy atom. The highest BCUT2D eigenvalue weighted by Crippen LogP contribution is 2.37. The second-order valence-corrected chi connectivity index (χ2v) is 4.04. The van der Waals surface area contributed by atoms with E-state index in [0.29, 0.717) is 29.6 Å². The van der Waals surface area contributed by atoms with E-state index in [1.54, 1.807) is 6.92 Å². The fourth-order valence-corrected chi connectivity index (χ4v) is 2.18. The number of halogens is 1. The quantitative estimate of drug-likeness (QED) is 0.837. The van der Waals surface area contributed by atoms with E-state index in [1.165, 1.54) is 17.3 Å². The van der Waals surface area contributed by atoms with Crippen molar-refractivity contribution in [3.05, 3.63) is 23.8 Å². The molecule has 1 aromatic carbocycles. The molecule has 0 saturated heterocycles. The van der Waals surface area contributed by atoms with E-state index in [1.807, 2.05) is 0 Å². The highest BCUT2D eigenvalue weighted by Gasteiger charge is 2.29. The minimum atomic E-state index is -0.761. The molecule has 2 amide bonds. The first-order chi connectivity index (χ1) is 9.17. The van der Waals surface area contributed by atoms with Crippen molar-refractivity contribution < 1.29 is 14.0 Å². The van der Waals surface area contributed by atoms with Gasteiger partial charge < -0.3 is 5.32 Å². The van der Waals surface area contributed by atoms with Gasteiger partial charge >= 0.3 is 6.03 Å². The molecule has 7 heteroatoms. The minimum Gasteiger partial charge on any atom is -0.304 e. The van der Waals surface area contributed by atoms with Crippen LogP contribution >= 0.6 is 0 Å². The minimum absolute atomic E-state index is 0.0371. The van der Waals surface area contributed by atoms with Crippen molar-refractivity contribution in [1.82, 2.24) is 9.97 Å². The van der Waals surface area contributed by atoms with E-state index in [4.69, 9.17) is 0 Å². The Morgan fingerprint density at radius 2 is 2.26 bits per heavy atom. The van der Waals surface area contributed by atoms with Crippen LogP contribution in [0.5, 0.6) is 0 Å². The average Bonchev–Trinajstić information content (AvgIpc) is 2.42. The number of anilines is 2. The summed E-state index contributed by atoms with van der Waals surface area (Å²) >= 11 is 0. The van der Waals surface area contributed by atoms with Gasteiger partial charge in [-0.1, -0.05) is 0 Å². The van der Waals surface area contributed by atoms with Crippen molar-refractivity contribution >= 4 is 34.7 Å². The maximum Gasteiger partial charge on any atom is 0.327 e. The summed E-state index contributed by atoms with van der Waals surface area (Å²) in [4.78, 5) is 32.2. The van der Waals surface area contributed by atoms with E-state index in [-0.39, 0.29) is 11.3 Å². The number of aldehydes is 1. The van der Waals surface area contributed by atoms with Gasteiger partial charge in [0.25, 0.3) is 0 Å². The monoisotopic (exact) mass is 260 g/mol. The van der Waals surface area contributed by atoms with Crippen LogP contribution in [-0.4, -0.2) is 28.8 Å². The smallest absolute Gasteiger partial charge is 0.304 e. The van der Waals surface area contributed by atoms with Crippen molar-refractivity contribution in [3.8, 4) is 0 Å². The van der Waals surface area contributed by atoms with E-state index < -0.39 is 11.8 Å². The second kappa shape index (κ2) is 3.98. The Balaban J connectivity index is 2.44. The number of amides is 2. The first kappa shape index (κ1) is 11.5. The van der Waals surface area contributed by atoms with E-state index in [9.17, 15) is 14.0 Å². The van der Waals surface area contributed by atoms with Gasteiger partial charge in [-0.15, -0.1) is 0 Å². The highest BCUT2D eigenvalue weighted by atomic mass is 19.1. The molecule has 0 saturated carbocycles. The fourth-order valence-electron chi connectivity index (χ4n) is 2.18. The first-order valence-corrected chi connectivity index (χ1v) is 5.68. The first-order valence-electron chi connectivity index (χ1n) is 5.68. The number of hydrogen-bond acceptors (Lipinski definition) is 4. The lowest BCUT2D eigenvalue weighted by Gasteiger charge is -2.27. The predicted molar refractivity (Wildman–Crippen MR) is 66.9 cm³/mol. The molecule has 0 aliphatic carbocycles. The Labute approximate surface area is 107 Å². The number of nitrogens with one attached hydrogen (secondary N) is 1. The van der Waals surface area contributed by atoms with Crippen molar-refractivity contribution in [2.24, 2.45) is 0 Å². The fraction of sp³-hybridized carbons (Fsp3) is 0.167. The molecule has 1 aliphatic heterocycles. The van der Waals surface area contributed by atoms with Gasteiger partial charge in [0, 0.05) is 6.54 Å². The summed E-state index contributed by atoms with van der Waals surface area (Å²) in [6, 6.07) is 0.870. The molecular weight excluding hydrogens is 251 g/mol. The number of hydrogen-bond donors (Lipinski definition) is 1. The van der Waals surface area contributed by atoms with Crippen LogP contribution in [0.3, 0.4) is 0 Å². The van der Waals surface area contributed by atoms with Crippen LogP contribution in [0, 0.1) is 5.82 Å². The number of benzene rings is 1. The van der Waals surface area contributed by atoms with Crippen LogP contribution in [0.25, 0.3) is 10.9 Å². The predicted octanol–water partition coefficient (Wildman–Crippen LogP) is 1.95. The van der Waals surface area contributed by atoms with Crippen LogP contribution < -0.4 is 10.2 Å². The number of aromatic nitrogens is 2. The van der Waals surface area contributed by atoms with Gasteiger partial charge in [-0.25, -0.2) is 19.2 Å². The molecule has 0 atom stereocenters. The lowest BCUT2D eigenvalue weighted by molar-refractivity contribution is 0.112. The molecule has 1 aromatic heterocycles. The SMILES string of the molecule is CCN1C(=O)Nc2c(F)c(C=O)cc3ncnc1c23. The number of nitrogens with zero attached hydrogens (tertiary/aromatic N) is 3. The maximum atomic E-state index is 14.1. The molecule has 0 spiro atoms. The molecule has 0 fully saturated rings. The number of carbonyl (C=O) groups is 2. The molecule has 6 nitrogen and oxygen atoms in total. The van der Waals surface area contributed by atoms with Gasteiger partial charge in [-0.2, -0.15) is 0 Å². The third-order valence-electron chi connectivity index (χ3n) is 3.05. The Morgan fingerprint density at radius 3 is 2.95 bits per heavy atom. The molecule has 19 heavy (non-hydrogen) atoms. The zero-order chi connectivity index (χ0) is 13.6. The molecule has 2 heterocycles. The van der Waals surface area contributed by atoms with E-state index in [0.717, 1.165) is 0 Å².